The van der Waals surface area contributed by atoms with Crippen LogP contribution < -0.4 is 0 Å². The summed E-state index contributed by atoms with van der Waals surface area (Å²) in [4.78, 5) is 0.125. The summed E-state index contributed by atoms with van der Waals surface area (Å²) in [6.07, 6.45) is 2.44. The molecule has 1 aliphatic heterocycles. The molecule has 2 aromatic rings. The van der Waals surface area contributed by atoms with Gasteiger partial charge < -0.3 is 0 Å². The Morgan fingerprint density at radius 3 is 2.35 bits per heavy atom. The van der Waals surface area contributed by atoms with Crippen molar-refractivity contribution in [3.63, 3.8) is 0 Å². The van der Waals surface area contributed by atoms with Gasteiger partial charge >= 0.3 is 0 Å². The normalized spacial score (nSPS) is 16.2. The van der Waals surface area contributed by atoms with E-state index in [-0.39, 0.29) is 22.3 Å². The van der Waals surface area contributed by atoms with Crippen LogP contribution in [-0.4, -0.2) is 25.8 Å². The van der Waals surface area contributed by atoms with Crippen molar-refractivity contribution in [2.75, 3.05) is 13.1 Å². The van der Waals surface area contributed by atoms with Gasteiger partial charge in [0.1, 0.15) is 10.7 Å². The van der Waals surface area contributed by atoms with Gasteiger partial charge in [0, 0.05) is 13.1 Å². The highest BCUT2D eigenvalue weighted by Crippen LogP contribution is 2.28. The quantitative estimate of drug-likeness (QED) is 0.839. The molecule has 0 N–H and O–H groups in total. The fraction of sp³-hybridized carbons (Fsp3) is 0.176. The van der Waals surface area contributed by atoms with Gasteiger partial charge in [0.05, 0.1) is 5.02 Å². The topological polar surface area (TPSA) is 37.4 Å². The average molecular weight is 352 g/mol. The Morgan fingerprint density at radius 2 is 1.74 bits per heavy atom. The Labute approximate surface area is 140 Å². The molecule has 0 radical (unpaired) electrons. The van der Waals surface area contributed by atoms with Crippen LogP contribution in [0.25, 0.3) is 5.57 Å². The third-order valence-electron chi connectivity index (χ3n) is 3.84. The molecule has 23 heavy (non-hydrogen) atoms. The lowest BCUT2D eigenvalue weighted by Crippen LogP contribution is -2.34. The van der Waals surface area contributed by atoms with E-state index in [1.54, 1.807) is 30.3 Å². The van der Waals surface area contributed by atoms with Crippen molar-refractivity contribution in [2.24, 2.45) is 0 Å². The molecule has 1 heterocycles. The Kier molecular flexibility index (Phi) is 4.53. The second-order valence-corrected chi connectivity index (χ2v) is 7.59. The standard InChI is InChI=1S/C17H15ClFNO2S/c18-16-3-1-2-4-17(16)23(21,22)20-11-9-14(10-12-20)13-5-7-15(19)8-6-13/h1-9H,10-12H2. The second-order valence-electron chi connectivity index (χ2n) is 5.28. The number of hydrogen-bond donors (Lipinski definition) is 0. The van der Waals surface area contributed by atoms with Crippen LogP contribution in [0.4, 0.5) is 4.39 Å². The average Bonchev–Trinajstić information content (AvgIpc) is 2.56. The molecule has 120 valence electrons. The van der Waals surface area contributed by atoms with Crippen molar-refractivity contribution in [1.29, 1.82) is 0 Å². The summed E-state index contributed by atoms with van der Waals surface area (Å²) in [6, 6.07) is 12.7. The summed E-state index contributed by atoms with van der Waals surface area (Å²) in [5.74, 6) is -0.284. The summed E-state index contributed by atoms with van der Waals surface area (Å²) >= 11 is 6.01. The summed E-state index contributed by atoms with van der Waals surface area (Å²) in [5.41, 5.74) is 1.94. The fourth-order valence-corrected chi connectivity index (χ4v) is 4.46. The third kappa shape index (κ3) is 3.32. The van der Waals surface area contributed by atoms with Crippen LogP contribution in [0.1, 0.15) is 12.0 Å². The van der Waals surface area contributed by atoms with E-state index in [1.807, 2.05) is 6.08 Å². The van der Waals surface area contributed by atoms with E-state index < -0.39 is 10.0 Å². The zero-order valence-corrected chi connectivity index (χ0v) is 13.8. The molecule has 0 unspecified atom stereocenters. The SMILES string of the molecule is O=S(=O)(c1ccccc1Cl)N1CC=C(c2ccc(F)cc2)CC1. The van der Waals surface area contributed by atoms with Crippen molar-refractivity contribution >= 4 is 27.2 Å². The van der Waals surface area contributed by atoms with Gasteiger partial charge in [-0.3, -0.25) is 0 Å². The first-order valence-electron chi connectivity index (χ1n) is 7.18. The highest BCUT2D eigenvalue weighted by molar-refractivity contribution is 7.89. The van der Waals surface area contributed by atoms with E-state index in [1.165, 1.54) is 22.5 Å². The number of sulfonamides is 1. The molecule has 0 saturated heterocycles. The summed E-state index contributed by atoms with van der Waals surface area (Å²) in [7, 11) is -3.61. The van der Waals surface area contributed by atoms with E-state index >= 15 is 0 Å². The molecular weight excluding hydrogens is 337 g/mol. The summed E-state index contributed by atoms with van der Waals surface area (Å²) in [5, 5.41) is 0.223. The molecule has 0 aromatic heterocycles. The van der Waals surface area contributed by atoms with Gasteiger partial charge in [0.25, 0.3) is 0 Å². The molecule has 0 aliphatic carbocycles. The Bertz CT molecular complexity index is 847. The van der Waals surface area contributed by atoms with Crippen LogP contribution in [0, 0.1) is 5.82 Å². The van der Waals surface area contributed by atoms with Crippen molar-refractivity contribution in [3.8, 4) is 0 Å². The lowest BCUT2D eigenvalue weighted by molar-refractivity contribution is 0.441. The second kappa shape index (κ2) is 6.43. The van der Waals surface area contributed by atoms with Crippen molar-refractivity contribution < 1.29 is 12.8 Å². The van der Waals surface area contributed by atoms with Crippen LogP contribution in [0.5, 0.6) is 0 Å². The molecule has 2 aromatic carbocycles. The maximum Gasteiger partial charge on any atom is 0.244 e. The van der Waals surface area contributed by atoms with Gasteiger partial charge in [-0.2, -0.15) is 4.31 Å². The van der Waals surface area contributed by atoms with Crippen LogP contribution in [0.2, 0.25) is 5.02 Å². The van der Waals surface area contributed by atoms with Crippen molar-refractivity contribution in [3.05, 3.63) is 71.0 Å². The predicted octanol–water partition coefficient (Wildman–Crippen LogP) is 3.96. The summed E-state index contributed by atoms with van der Waals surface area (Å²) < 4.78 is 39.7. The lowest BCUT2D eigenvalue weighted by Gasteiger charge is -2.26. The smallest absolute Gasteiger partial charge is 0.207 e. The van der Waals surface area contributed by atoms with Gasteiger partial charge in [0.15, 0.2) is 0 Å². The Hall–Kier alpha value is -1.69. The zero-order valence-electron chi connectivity index (χ0n) is 12.2. The maximum absolute atomic E-state index is 13.0. The molecule has 3 rings (SSSR count). The molecule has 0 fully saturated rings. The Balaban J connectivity index is 1.83. The lowest BCUT2D eigenvalue weighted by atomic mass is 10.0. The summed E-state index contributed by atoms with van der Waals surface area (Å²) in [6.45, 7) is 0.650. The van der Waals surface area contributed by atoms with Crippen molar-refractivity contribution in [2.45, 2.75) is 11.3 Å². The van der Waals surface area contributed by atoms with E-state index in [4.69, 9.17) is 11.6 Å². The van der Waals surface area contributed by atoms with Crippen molar-refractivity contribution in [1.82, 2.24) is 4.31 Å². The van der Waals surface area contributed by atoms with Gasteiger partial charge in [-0.15, -0.1) is 0 Å². The van der Waals surface area contributed by atoms with Crippen LogP contribution >= 0.6 is 11.6 Å². The van der Waals surface area contributed by atoms with Crippen LogP contribution in [0.15, 0.2) is 59.5 Å². The minimum atomic E-state index is -3.61. The fourth-order valence-electron chi connectivity index (χ4n) is 2.59. The number of nitrogens with zero attached hydrogens (tertiary/aromatic N) is 1. The van der Waals surface area contributed by atoms with E-state index in [0.717, 1.165) is 11.1 Å². The molecule has 6 heteroatoms. The highest BCUT2D eigenvalue weighted by atomic mass is 35.5. The van der Waals surface area contributed by atoms with Gasteiger partial charge in [-0.05, 0) is 41.8 Å². The first kappa shape index (κ1) is 16.2. The number of hydrogen-bond acceptors (Lipinski definition) is 2. The van der Waals surface area contributed by atoms with Crippen LogP contribution in [0.3, 0.4) is 0 Å². The molecular formula is C17H15ClFNO2S. The molecule has 1 aliphatic rings. The number of halogens is 2. The highest BCUT2D eigenvalue weighted by Gasteiger charge is 2.27. The van der Waals surface area contributed by atoms with E-state index in [0.29, 0.717) is 13.0 Å². The molecule has 3 nitrogen and oxygen atoms in total. The molecule has 0 saturated carbocycles. The maximum atomic E-state index is 13.0. The molecule has 0 atom stereocenters. The minimum absolute atomic E-state index is 0.125. The van der Waals surface area contributed by atoms with Gasteiger partial charge in [-0.25, -0.2) is 12.8 Å². The van der Waals surface area contributed by atoms with Gasteiger partial charge in [-0.1, -0.05) is 41.9 Å². The molecule has 0 bridgehead atoms. The first-order chi connectivity index (χ1) is 11.0. The minimum Gasteiger partial charge on any atom is -0.207 e. The van der Waals surface area contributed by atoms with E-state index in [2.05, 4.69) is 0 Å². The Morgan fingerprint density at radius 1 is 1.04 bits per heavy atom. The molecule has 0 spiro atoms. The first-order valence-corrected chi connectivity index (χ1v) is 9.00. The number of benzene rings is 2. The van der Waals surface area contributed by atoms with Gasteiger partial charge in [0.2, 0.25) is 10.0 Å². The largest absolute Gasteiger partial charge is 0.244 e. The predicted molar refractivity (Wildman–Crippen MR) is 89.2 cm³/mol. The number of rotatable bonds is 3. The van der Waals surface area contributed by atoms with E-state index in [9.17, 15) is 12.8 Å². The zero-order chi connectivity index (χ0) is 16.4. The monoisotopic (exact) mass is 351 g/mol. The third-order valence-corrected chi connectivity index (χ3v) is 6.21. The molecule has 0 amide bonds. The van der Waals surface area contributed by atoms with Crippen LogP contribution in [-0.2, 0) is 10.0 Å².